The topological polar surface area (TPSA) is 29.1 Å². The van der Waals surface area contributed by atoms with E-state index in [1.165, 1.54) is 4.88 Å². The highest BCUT2D eigenvalue weighted by atomic mass is 127. The van der Waals surface area contributed by atoms with Gasteiger partial charge in [0.1, 0.15) is 0 Å². The quantitative estimate of drug-likeness (QED) is 0.581. The Kier molecular flexibility index (Phi) is 5.86. The molecule has 0 fully saturated rings. The summed E-state index contributed by atoms with van der Waals surface area (Å²) >= 11 is 10.7. The molecule has 0 saturated carbocycles. The first kappa shape index (κ1) is 15.5. The number of rotatable bonds is 4. The zero-order valence-electron chi connectivity index (χ0n) is 9.75. The number of halogens is 3. The van der Waals surface area contributed by atoms with Crippen molar-refractivity contribution in [3.05, 3.63) is 52.6 Å². The molecule has 2 nitrogen and oxygen atoms in total. The Morgan fingerprint density at radius 2 is 2.05 bits per heavy atom. The molecule has 1 N–H and O–H groups in total. The summed E-state index contributed by atoms with van der Waals surface area (Å²) in [5, 5.41) is 2.94. The lowest BCUT2D eigenvalue weighted by atomic mass is 10.2. The van der Waals surface area contributed by atoms with Crippen LogP contribution < -0.4 is 5.32 Å². The van der Waals surface area contributed by atoms with Crippen molar-refractivity contribution in [2.24, 2.45) is 0 Å². The molecular formula is C13H10Br2INOS. The molecule has 2 aromatic rings. The molecule has 1 aromatic heterocycles. The number of carbonyl (C=O) groups excluding carboxylic acids is 1. The Bertz CT molecular complexity index is 600. The highest BCUT2D eigenvalue weighted by Gasteiger charge is 2.10. The summed E-state index contributed by atoms with van der Waals surface area (Å²) < 4.78 is 2.99. The number of thiophene rings is 1. The van der Waals surface area contributed by atoms with Crippen LogP contribution in [-0.4, -0.2) is 12.5 Å². The van der Waals surface area contributed by atoms with Crippen LogP contribution in [0.2, 0.25) is 0 Å². The van der Waals surface area contributed by atoms with Gasteiger partial charge in [-0.1, -0.05) is 0 Å². The summed E-state index contributed by atoms with van der Waals surface area (Å²) in [5.74, 6) is -0.0407. The number of hydrogen-bond donors (Lipinski definition) is 1. The number of carbonyl (C=O) groups is 1. The van der Waals surface area contributed by atoms with Crippen LogP contribution in [0.25, 0.3) is 0 Å². The predicted molar refractivity (Wildman–Crippen MR) is 94.9 cm³/mol. The van der Waals surface area contributed by atoms with Crippen molar-refractivity contribution in [3.63, 3.8) is 0 Å². The summed E-state index contributed by atoms with van der Waals surface area (Å²) in [7, 11) is 0. The second-order valence-electron chi connectivity index (χ2n) is 3.84. The molecule has 19 heavy (non-hydrogen) atoms. The Labute approximate surface area is 146 Å². The molecule has 0 bridgehead atoms. The lowest BCUT2D eigenvalue weighted by molar-refractivity contribution is 0.0953. The Morgan fingerprint density at radius 1 is 1.26 bits per heavy atom. The highest BCUT2D eigenvalue weighted by molar-refractivity contribution is 14.1. The second-order valence-corrected chi connectivity index (χ2v) is 8.48. The summed E-state index contributed by atoms with van der Waals surface area (Å²) in [6, 6.07) is 9.83. The summed E-state index contributed by atoms with van der Waals surface area (Å²) in [5.41, 5.74) is 0.680. The zero-order chi connectivity index (χ0) is 13.8. The normalized spacial score (nSPS) is 10.5. The smallest absolute Gasteiger partial charge is 0.252 e. The maximum Gasteiger partial charge on any atom is 0.252 e. The molecule has 0 atom stereocenters. The van der Waals surface area contributed by atoms with E-state index in [1.54, 1.807) is 11.3 Å². The van der Waals surface area contributed by atoms with Crippen molar-refractivity contribution in [2.75, 3.05) is 6.54 Å². The third-order valence-electron chi connectivity index (χ3n) is 2.46. The second kappa shape index (κ2) is 7.19. The molecule has 1 amide bonds. The first-order valence-electron chi connectivity index (χ1n) is 5.54. The molecule has 1 aromatic carbocycles. The van der Waals surface area contributed by atoms with Gasteiger partial charge in [-0.3, -0.25) is 4.79 Å². The molecule has 2 rings (SSSR count). The molecule has 0 aliphatic carbocycles. The van der Waals surface area contributed by atoms with Gasteiger partial charge in [-0.2, -0.15) is 0 Å². The van der Waals surface area contributed by atoms with Gasteiger partial charge in [-0.25, -0.2) is 0 Å². The molecule has 6 heteroatoms. The summed E-state index contributed by atoms with van der Waals surface area (Å²) in [6.45, 7) is 0.643. The van der Waals surface area contributed by atoms with Gasteiger partial charge in [0, 0.05) is 19.5 Å². The van der Waals surface area contributed by atoms with Crippen molar-refractivity contribution in [3.8, 4) is 0 Å². The van der Waals surface area contributed by atoms with Gasteiger partial charge in [0.05, 0.1) is 9.35 Å². The zero-order valence-corrected chi connectivity index (χ0v) is 15.9. The fourth-order valence-corrected chi connectivity index (χ4v) is 3.95. The number of amides is 1. The van der Waals surface area contributed by atoms with E-state index < -0.39 is 0 Å². The predicted octanol–water partition coefficient (Wildman–Crippen LogP) is 4.85. The number of benzene rings is 1. The van der Waals surface area contributed by atoms with E-state index in [0.29, 0.717) is 12.1 Å². The molecule has 100 valence electrons. The van der Waals surface area contributed by atoms with Crippen LogP contribution in [0, 0.1) is 3.57 Å². The van der Waals surface area contributed by atoms with E-state index in [0.717, 1.165) is 18.3 Å². The molecule has 0 spiro atoms. The van der Waals surface area contributed by atoms with Gasteiger partial charge < -0.3 is 5.32 Å². The van der Waals surface area contributed by atoms with Crippen LogP contribution in [0.3, 0.4) is 0 Å². The van der Waals surface area contributed by atoms with E-state index in [4.69, 9.17) is 0 Å². The third kappa shape index (κ3) is 4.54. The third-order valence-corrected chi connectivity index (χ3v) is 5.50. The summed E-state index contributed by atoms with van der Waals surface area (Å²) in [6.07, 6.45) is 0.851. The van der Waals surface area contributed by atoms with Crippen molar-refractivity contribution in [1.82, 2.24) is 5.32 Å². The van der Waals surface area contributed by atoms with Crippen molar-refractivity contribution in [1.29, 1.82) is 0 Å². The maximum absolute atomic E-state index is 12.1. The average molecular weight is 515 g/mol. The first-order valence-corrected chi connectivity index (χ1v) is 9.02. The van der Waals surface area contributed by atoms with E-state index >= 15 is 0 Å². The summed E-state index contributed by atoms with van der Waals surface area (Å²) in [4.78, 5) is 13.3. The van der Waals surface area contributed by atoms with Gasteiger partial charge in [-0.05, 0) is 91.2 Å². The van der Waals surface area contributed by atoms with E-state index in [2.05, 4.69) is 65.8 Å². The van der Waals surface area contributed by atoms with Crippen LogP contribution in [0.1, 0.15) is 15.2 Å². The van der Waals surface area contributed by atoms with E-state index in [-0.39, 0.29) is 5.91 Å². The van der Waals surface area contributed by atoms with E-state index in [9.17, 15) is 4.79 Å². The molecule has 0 aliphatic rings. The van der Waals surface area contributed by atoms with Crippen LogP contribution in [-0.2, 0) is 6.42 Å². The fourth-order valence-electron chi connectivity index (χ4n) is 1.55. The molecule has 1 heterocycles. The SMILES string of the molecule is O=C(NCCc1ccc(Br)s1)c1cc(I)ccc1Br. The van der Waals surface area contributed by atoms with E-state index in [1.807, 2.05) is 24.3 Å². The fraction of sp³-hybridized carbons (Fsp3) is 0.154. The largest absolute Gasteiger partial charge is 0.352 e. The van der Waals surface area contributed by atoms with Crippen molar-refractivity contribution in [2.45, 2.75) is 6.42 Å². The van der Waals surface area contributed by atoms with Crippen molar-refractivity contribution < 1.29 is 4.79 Å². The van der Waals surface area contributed by atoms with Gasteiger partial charge in [-0.15, -0.1) is 11.3 Å². The molecular weight excluding hydrogens is 505 g/mol. The van der Waals surface area contributed by atoms with Crippen LogP contribution in [0.15, 0.2) is 38.6 Å². The van der Waals surface area contributed by atoms with Gasteiger partial charge in [0.25, 0.3) is 5.91 Å². The van der Waals surface area contributed by atoms with Gasteiger partial charge in [0.15, 0.2) is 0 Å². The minimum absolute atomic E-state index is 0.0407. The first-order chi connectivity index (χ1) is 9.06. The van der Waals surface area contributed by atoms with Gasteiger partial charge >= 0.3 is 0 Å². The lowest BCUT2D eigenvalue weighted by Gasteiger charge is -2.06. The number of hydrogen-bond acceptors (Lipinski definition) is 2. The van der Waals surface area contributed by atoms with Gasteiger partial charge in [0.2, 0.25) is 0 Å². The molecule has 0 saturated heterocycles. The molecule has 0 radical (unpaired) electrons. The monoisotopic (exact) mass is 513 g/mol. The Balaban J connectivity index is 1.92. The number of nitrogens with one attached hydrogen (secondary N) is 1. The minimum atomic E-state index is -0.0407. The standard InChI is InChI=1S/C13H10Br2INOS/c14-11-3-1-8(16)7-10(11)13(18)17-6-5-9-2-4-12(15)19-9/h1-4,7H,5-6H2,(H,17,18). The maximum atomic E-state index is 12.1. The lowest BCUT2D eigenvalue weighted by Crippen LogP contribution is -2.25. The van der Waals surface area contributed by atoms with Crippen LogP contribution in [0.5, 0.6) is 0 Å². The average Bonchev–Trinajstić information content (AvgIpc) is 2.78. The van der Waals surface area contributed by atoms with Crippen LogP contribution >= 0.6 is 65.8 Å². The Morgan fingerprint density at radius 3 is 2.74 bits per heavy atom. The molecule has 0 unspecified atom stereocenters. The van der Waals surface area contributed by atoms with Crippen LogP contribution in [0.4, 0.5) is 0 Å². The van der Waals surface area contributed by atoms with Crippen molar-refractivity contribution >= 4 is 71.7 Å². The molecule has 0 aliphatic heterocycles. The Hall–Kier alpha value is 0.0800. The highest BCUT2D eigenvalue weighted by Crippen LogP contribution is 2.22. The minimum Gasteiger partial charge on any atom is -0.352 e.